The monoisotopic (exact) mass is 377 g/mol. The summed E-state index contributed by atoms with van der Waals surface area (Å²) >= 11 is 7.35. The molecule has 1 fully saturated rings. The first-order chi connectivity index (χ1) is 11.9. The third kappa shape index (κ3) is 4.19. The molecule has 1 unspecified atom stereocenters. The number of rotatable bonds is 3. The molecule has 2 aromatic rings. The van der Waals surface area contributed by atoms with Crippen LogP contribution < -0.4 is 5.32 Å². The predicted octanol–water partition coefficient (Wildman–Crippen LogP) is 3.90. The molecule has 132 valence electrons. The standard InChI is InChI=1S/C18H20ClN3O2S/c1-11-12(2)25-18(20-11)21-16(23)14-4-3-9-22(10-14)17(24)13-5-7-15(19)8-6-13/h5-8,14H,3-4,9-10H2,1-2H3,(H,20,21,23). The highest BCUT2D eigenvalue weighted by atomic mass is 35.5. The summed E-state index contributed by atoms with van der Waals surface area (Å²) in [5.74, 6) is -0.341. The smallest absolute Gasteiger partial charge is 0.253 e. The summed E-state index contributed by atoms with van der Waals surface area (Å²) < 4.78 is 0. The van der Waals surface area contributed by atoms with Crippen molar-refractivity contribution >= 4 is 39.9 Å². The highest BCUT2D eigenvalue weighted by Crippen LogP contribution is 2.24. The second-order valence-corrected chi connectivity index (χ2v) is 7.89. The first-order valence-corrected chi connectivity index (χ1v) is 9.43. The summed E-state index contributed by atoms with van der Waals surface area (Å²) in [4.78, 5) is 32.4. The fourth-order valence-electron chi connectivity index (χ4n) is 2.88. The molecule has 0 spiro atoms. The van der Waals surface area contributed by atoms with Gasteiger partial charge in [-0.2, -0.15) is 0 Å². The van der Waals surface area contributed by atoms with Gasteiger partial charge in [-0.05, 0) is 51.0 Å². The van der Waals surface area contributed by atoms with Gasteiger partial charge in [-0.1, -0.05) is 11.6 Å². The molecule has 1 atom stereocenters. The molecule has 2 heterocycles. The molecule has 1 aromatic heterocycles. The van der Waals surface area contributed by atoms with E-state index in [1.54, 1.807) is 29.2 Å². The van der Waals surface area contributed by atoms with Crippen LogP contribution in [0.15, 0.2) is 24.3 Å². The van der Waals surface area contributed by atoms with Gasteiger partial charge in [0.05, 0.1) is 11.6 Å². The first kappa shape index (κ1) is 17.9. The Balaban J connectivity index is 1.64. The number of aryl methyl sites for hydroxylation is 2. The van der Waals surface area contributed by atoms with Gasteiger partial charge in [-0.15, -0.1) is 11.3 Å². The number of halogens is 1. The molecule has 1 aliphatic rings. The fourth-order valence-corrected chi connectivity index (χ4v) is 3.83. The summed E-state index contributed by atoms with van der Waals surface area (Å²) in [7, 11) is 0. The minimum Gasteiger partial charge on any atom is -0.338 e. The van der Waals surface area contributed by atoms with E-state index in [-0.39, 0.29) is 17.7 Å². The van der Waals surface area contributed by atoms with Gasteiger partial charge in [0.25, 0.3) is 5.91 Å². The zero-order valence-corrected chi connectivity index (χ0v) is 15.8. The molecule has 1 saturated heterocycles. The van der Waals surface area contributed by atoms with Gasteiger partial charge in [-0.25, -0.2) is 4.98 Å². The number of likely N-dealkylation sites (tertiary alicyclic amines) is 1. The second kappa shape index (κ2) is 7.54. The Morgan fingerprint density at radius 3 is 2.64 bits per heavy atom. The fraction of sp³-hybridized carbons (Fsp3) is 0.389. The number of hydrogen-bond acceptors (Lipinski definition) is 4. The van der Waals surface area contributed by atoms with Gasteiger partial charge in [0.15, 0.2) is 5.13 Å². The SMILES string of the molecule is Cc1nc(NC(=O)C2CCCN(C(=O)c3ccc(Cl)cc3)C2)sc1C. The molecule has 2 amide bonds. The van der Waals surface area contributed by atoms with Gasteiger partial charge in [-0.3, -0.25) is 9.59 Å². The van der Waals surface area contributed by atoms with Crippen LogP contribution in [0, 0.1) is 19.8 Å². The predicted molar refractivity (Wildman–Crippen MR) is 100 cm³/mol. The van der Waals surface area contributed by atoms with Crippen LogP contribution in [0.25, 0.3) is 0 Å². The lowest BCUT2D eigenvalue weighted by Gasteiger charge is -2.32. The van der Waals surface area contributed by atoms with Gasteiger partial charge >= 0.3 is 0 Å². The molecule has 0 radical (unpaired) electrons. The van der Waals surface area contributed by atoms with Crippen molar-refractivity contribution < 1.29 is 9.59 Å². The number of anilines is 1. The highest BCUT2D eigenvalue weighted by molar-refractivity contribution is 7.15. The minimum atomic E-state index is -0.213. The molecule has 5 nitrogen and oxygen atoms in total. The van der Waals surface area contributed by atoms with Crippen LogP contribution in [0.1, 0.15) is 33.8 Å². The number of nitrogens with zero attached hydrogens (tertiary/aromatic N) is 2. The maximum Gasteiger partial charge on any atom is 0.253 e. The van der Waals surface area contributed by atoms with Crippen LogP contribution in [0.4, 0.5) is 5.13 Å². The van der Waals surface area contributed by atoms with E-state index in [0.717, 1.165) is 23.4 Å². The Kier molecular flexibility index (Phi) is 5.39. The van der Waals surface area contributed by atoms with E-state index in [2.05, 4.69) is 10.3 Å². The second-order valence-electron chi connectivity index (χ2n) is 6.25. The van der Waals surface area contributed by atoms with Crippen molar-refractivity contribution in [3.05, 3.63) is 45.4 Å². The van der Waals surface area contributed by atoms with Gasteiger partial charge < -0.3 is 10.2 Å². The van der Waals surface area contributed by atoms with Crippen LogP contribution in [-0.2, 0) is 4.79 Å². The van der Waals surface area contributed by atoms with Crippen molar-refractivity contribution in [3.8, 4) is 0 Å². The molecule has 0 aliphatic carbocycles. The number of amides is 2. The lowest BCUT2D eigenvalue weighted by Crippen LogP contribution is -2.43. The summed E-state index contributed by atoms with van der Waals surface area (Å²) in [6.07, 6.45) is 1.59. The molecular formula is C18H20ClN3O2S. The molecule has 25 heavy (non-hydrogen) atoms. The topological polar surface area (TPSA) is 62.3 Å². The number of benzene rings is 1. The summed E-state index contributed by atoms with van der Waals surface area (Å²) in [5.41, 5.74) is 1.53. The van der Waals surface area contributed by atoms with E-state index >= 15 is 0 Å². The normalized spacial score (nSPS) is 17.4. The summed E-state index contributed by atoms with van der Waals surface area (Å²) in [6.45, 7) is 5.00. The van der Waals surface area contributed by atoms with E-state index in [9.17, 15) is 9.59 Å². The zero-order chi connectivity index (χ0) is 18.0. The van der Waals surface area contributed by atoms with Crippen LogP contribution >= 0.6 is 22.9 Å². The largest absolute Gasteiger partial charge is 0.338 e. The minimum absolute atomic E-state index is 0.0601. The zero-order valence-electron chi connectivity index (χ0n) is 14.2. The van der Waals surface area contributed by atoms with E-state index < -0.39 is 0 Å². The van der Waals surface area contributed by atoms with Gasteiger partial charge in [0, 0.05) is 28.6 Å². The quantitative estimate of drug-likeness (QED) is 0.882. The van der Waals surface area contributed by atoms with Gasteiger partial charge in [0.1, 0.15) is 0 Å². The van der Waals surface area contributed by atoms with Crippen molar-refractivity contribution in [2.45, 2.75) is 26.7 Å². The average Bonchev–Trinajstić information content (AvgIpc) is 2.92. The van der Waals surface area contributed by atoms with E-state index in [4.69, 9.17) is 11.6 Å². The third-order valence-corrected chi connectivity index (χ3v) is 5.67. The maximum absolute atomic E-state index is 12.6. The summed E-state index contributed by atoms with van der Waals surface area (Å²) in [6, 6.07) is 6.84. The van der Waals surface area contributed by atoms with E-state index in [1.165, 1.54) is 11.3 Å². The first-order valence-electron chi connectivity index (χ1n) is 8.24. The Labute approximate surface area is 156 Å². The van der Waals surface area contributed by atoms with Crippen LogP contribution in [0.3, 0.4) is 0 Å². The lowest BCUT2D eigenvalue weighted by molar-refractivity contribution is -0.121. The van der Waals surface area contributed by atoms with Crippen molar-refractivity contribution in [2.24, 2.45) is 5.92 Å². The Hall–Kier alpha value is -1.92. The highest BCUT2D eigenvalue weighted by Gasteiger charge is 2.29. The number of piperidine rings is 1. The lowest BCUT2D eigenvalue weighted by atomic mass is 9.96. The number of thiazole rings is 1. The third-order valence-electron chi connectivity index (χ3n) is 4.43. The van der Waals surface area contributed by atoms with Gasteiger partial charge in [0.2, 0.25) is 5.91 Å². The van der Waals surface area contributed by atoms with Crippen molar-refractivity contribution in [3.63, 3.8) is 0 Å². The number of aromatic nitrogens is 1. The molecule has 1 aliphatic heterocycles. The molecule has 1 aromatic carbocycles. The number of carbonyl (C=O) groups excluding carboxylic acids is 2. The Morgan fingerprint density at radius 2 is 2.00 bits per heavy atom. The number of hydrogen-bond donors (Lipinski definition) is 1. The Morgan fingerprint density at radius 1 is 1.28 bits per heavy atom. The van der Waals surface area contributed by atoms with E-state index in [0.29, 0.717) is 28.8 Å². The van der Waals surface area contributed by atoms with Crippen molar-refractivity contribution in [1.29, 1.82) is 0 Å². The van der Waals surface area contributed by atoms with Crippen LogP contribution in [0.5, 0.6) is 0 Å². The molecule has 1 N–H and O–H groups in total. The average molecular weight is 378 g/mol. The molecule has 0 saturated carbocycles. The van der Waals surface area contributed by atoms with Crippen LogP contribution in [0.2, 0.25) is 5.02 Å². The number of carbonyl (C=O) groups is 2. The molecule has 3 rings (SSSR count). The Bertz CT molecular complexity index is 769. The summed E-state index contributed by atoms with van der Waals surface area (Å²) in [5, 5.41) is 4.12. The maximum atomic E-state index is 12.6. The molecule has 7 heteroatoms. The molecule has 0 bridgehead atoms. The van der Waals surface area contributed by atoms with Crippen molar-refractivity contribution in [2.75, 3.05) is 18.4 Å². The number of nitrogens with one attached hydrogen (secondary N) is 1. The van der Waals surface area contributed by atoms with Crippen LogP contribution in [-0.4, -0.2) is 34.8 Å². The van der Waals surface area contributed by atoms with E-state index in [1.807, 2.05) is 13.8 Å². The molecular weight excluding hydrogens is 358 g/mol. The van der Waals surface area contributed by atoms with Crippen molar-refractivity contribution in [1.82, 2.24) is 9.88 Å².